The van der Waals surface area contributed by atoms with Gasteiger partial charge in [0.15, 0.2) is 0 Å². The fraction of sp³-hybridized carbons (Fsp3) is 1.00. The Morgan fingerprint density at radius 2 is 2.10 bits per heavy atom. The highest BCUT2D eigenvalue weighted by Crippen LogP contribution is 2.25. The molecule has 0 aliphatic heterocycles. The van der Waals surface area contributed by atoms with Crippen LogP contribution in [0.15, 0.2) is 0 Å². The molecule has 0 aromatic heterocycles. The minimum atomic E-state index is -0.698. The van der Waals surface area contributed by atoms with Gasteiger partial charge >= 0.3 is 0 Å². The lowest BCUT2D eigenvalue weighted by atomic mass is 10.0. The van der Waals surface area contributed by atoms with Crippen LogP contribution in [0.4, 0.5) is 4.53 Å². The summed E-state index contributed by atoms with van der Waals surface area (Å²) in [6.07, 6.45) is 1.96. The summed E-state index contributed by atoms with van der Waals surface area (Å²) in [5.41, 5.74) is -0.698. The van der Waals surface area contributed by atoms with Crippen molar-refractivity contribution in [3.63, 3.8) is 0 Å². The molecule has 1 unspecified atom stereocenters. The second kappa shape index (κ2) is 4.29. The number of hydrogen-bond donors (Lipinski definition) is 0. The highest BCUT2D eigenvalue weighted by molar-refractivity contribution is 9.09. The maximum atomic E-state index is 11.8. The molecule has 0 saturated heterocycles. The summed E-state index contributed by atoms with van der Waals surface area (Å²) in [4.78, 5) is 3.90. The summed E-state index contributed by atoms with van der Waals surface area (Å²) < 4.78 is 11.8. The van der Waals surface area contributed by atoms with E-state index in [1.54, 1.807) is 13.8 Å². The predicted molar refractivity (Wildman–Crippen MR) is 43.9 cm³/mol. The highest BCUT2D eigenvalue weighted by Gasteiger charge is 2.28. The van der Waals surface area contributed by atoms with Gasteiger partial charge in [0.25, 0.3) is 0 Å². The molecular formula is C7H14BrFO. The zero-order valence-corrected chi connectivity index (χ0v) is 8.24. The second-order valence-electron chi connectivity index (χ2n) is 2.94. The second-order valence-corrected chi connectivity index (χ2v) is 4.04. The SMILES string of the molecule is CCCC(Br)C(C)(C)OF. The van der Waals surface area contributed by atoms with E-state index in [0.717, 1.165) is 12.8 Å². The van der Waals surface area contributed by atoms with Crippen LogP contribution >= 0.6 is 15.9 Å². The van der Waals surface area contributed by atoms with Crippen molar-refractivity contribution < 1.29 is 9.47 Å². The van der Waals surface area contributed by atoms with E-state index in [1.807, 2.05) is 0 Å². The van der Waals surface area contributed by atoms with Gasteiger partial charge < -0.3 is 0 Å². The van der Waals surface area contributed by atoms with Gasteiger partial charge in [-0.25, -0.2) is 0 Å². The van der Waals surface area contributed by atoms with E-state index in [-0.39, 0.29) is 4.83 Å². The van der Waals surface area contributed by atoms with Gasteiger partial charge in [-0.15, -0.1) is 0 Å². The normalized spacial score (nSPS) is 15.3. The minimum Gasteiger partial charge on any atom is -0.187 e. The average molecular weight is 213 g/mol. The van der Waals surface area contributed by atoms with Crippen molar-refractivity contribution in [1.29, 1.82) is 0 Å². The van der Waals surface area contributed by atoms with Crippen LogP contribution in [0.2, 0.25) is 0 Å². The molecule has 0 rings (SSSR count). The van der Waals surface area contributed by atoms with Crippen LogP contribution in [0.5, 0.6) is 0 Å². The molecule has 0 amide bonds. The zero-order chi connectivity index (χ0) is 8.20. The van der Waals surface area contributed by atoms with Crippen LogP contribution in [0, 0.1) is 0 Å². The number of rotatable bonds is 4. The first-order valence-corrected chi connectivity index (χ1v) is 4.40. The minimum absolute atomic E-state index is 0.0926. The van der Waals surface area contributed by atoms with Crippen molar-refractivity contribution in [3.8, 4) is 0 Å². The molecule has 0 aromatic rings. The highest BCUT2D eigenvalue weighted by atomic mass is 79.9. The molecule has 10 heavy (non-hydrogen) atoms. The molecule has 0 bridgehead atoms. The van der Waals surface area contributed by atoms with E-state index < -0.39 is 5.60 Å². The molecule has 0 aromatic carbocycles. The largest absolute Gasteiger partial charge is 0.187 e. The maximum absolute atomic E-state index is 11.8. The van der Waals surface area contributed by atoms with Crippen molar-refractivity contribution in [3.05, 3.63) is 0 Å². The fourth-order valence-electron chi connectivity index (χ4n) is 0.649. The van der Waals surface area contributed by atoms with Gasteiger partial charge in [0.1, 0.15) is 5.60 Å². The molecule has 1 nitrogen and oxygen atoms in total. The molecule has 3 heteroatoms. The van der Waals surface area contributed by atoms with E-state index in [4.69, 9.17) is 0 Å². The lowest BCUT2D eigenvalue weighted by Gasteiger charge is -2.24. The summed E-state index contributed by atoms with van der Waals surface area (Å²) in [7, 11) is 0. The van der Waals surface area contributed by atoms with Crippen LogP contribution in [0.25, 0.3) is 0 Å². The van der Waals surface area contributed by atoms with Crippen molar-refractivity contribution in [2.75, 3.05) is 0 Å². The van der Waals surface area contributed by atoms with Gasteiger partial charge in [-0.3, -0.25) is 0 Å². The van der Waals surface area contributed by atoms with Gasteiger partial charge in [0.05, 0.1) is 0 Å². The van der Waals surface area contributed by atoms with Gasteiger partial charge in [0.2, 0.25) is 0 Å². The van der Waals surface area contributed by atoms with Crippen molar-refractivity contribution in [1.82, 2.24) is 0 Å². The van der Waals surface area contributed by atoms with Crippen LogP contribution in [-0.2, 0) is 4.94 Å². The number of alkyl halides is 1. The molecular weight excluding hydrogens is 199 g/mol. The average Bonchev–Trinajstić information content (AvgIpc) is 1.89. The van der Waals surface area contributed by atoms with E-state index in [2.05, 4.69) is 27.8 Å². The van der Waals surface area contributed by atoms with Gasteiger partial charge in [-0.1, -0.05) is 29.3 Å². The van der Waals surface area contributed by atoms with Crippen molar-refractivity contribution >= 4 is 15.9 Å². The Labute approximate surface area is 70.0 Å². The van der Waals surface area contributed by atoms with E-state index in [9.17, 15) is 4.53 Å². The van der Waals surface area contributed by atoms with E-state index in [1.165, 1.54) is 0 Å². The molecule has 0 radical (unpaired) electrons. The Hall–Kier alpha value is 0.370. The number of hydrogen-bond acceptors (Lipinski definition) is 1. The monoisotopic (exact) mass is 212 g/mol. The van der Waals surface area contributed by atoms with Crippen LogP contribution in [-0.4, -0.2) is 10.4 Å². The third kappa shape index (κ3) is 2.97. The standard InChI is InChI=1S/C7H14BrFO/c1-4-5-6(8)7(2,3)10-9/h6H,4-5H2,1-3H3. The zero-order valence-electron chi connectivity index (χ0n) is 6.66. The van der Waals surface area contributed by atoms with E-state index >= 15 is 0 Å². The van der Waals surface area contributed by atoms with Crippen LogP contribution in [0.3, 0.4) is 0 Å². The molecule has 0 aliphatic rings. The molecule has 1 atom stereocenters. The topological polar surface area (TPSA) is 9.23 Å². The first kappa shape index (κ1) is 10.4. The summed E-state index contributed by atoms with van der Waals surface area (Å²) in [6, 6.07) is 0. The summed E-state index contributed by atoms with van der Waals surface area (Å²) >= 11 is 3.35. The van der Waals surface area contributed by atoms with Gasteiger partial charge in [-0.2, -0.15) is 4.94 Å². The third-order valence-corrected chi connectivity index (χ3v) is 3.06. The van der Waals surface area contributed by atoms with Gasteiger partial charge in [0, 0.05) is 4.83 Å². The molecule has 0 spiro atoms. The lowest BCUT2D eigenvalue weighted by Crippen LogP contribution is -2.32. The Morgan fingerprint density at radius 1 is 1.60 bits per heavy atom. The lowest BCUT2D eigenvalue weighted by molar-refractivity contribution is -0.221. The predicted octanol–water partition coefficient (Wildman–Crippen LogP) is 3.23. The Morgan fingerprint density at radius 3 is 2.40 bits per heavy atom. The molecule has 0 aliphatic carbocycles. The van der Waals surface area contributed by atoms with Crippen LogP contribution < -0.4 is 0 Å². The molecule has 0 N–H and O–H groups in total. The fourth-order valence-corrected chi connectivity index (χ4v) is 1.18. The molecule has 0 saturated carbocycles. The Balaban J connectivity index is 3.78. The number of halogens is 2. The van der Waals surface area contributed by atoms with E-state index in [0.29, 0.717) is 0 Å². The van der Waals surface area contributed by atoms with Crippen molar-refractivity contribution in [2.45, 2.75) is 44.0 Å². The molecule has 0 heterocycles. The first-order valence-electron chi connectivity index (χ1n) is 3.48. The van der Waals surface area contributed by atoms with Crippen LogP contribution in [0.1, 0.15) is 33.6 Å². The molecule has 62 valence electrons. The first-order chi connectivity index (χ1) is 4.54. The Bertz CT molecular complexity index is 95.6. The summed E-state index contributed by atoms with van der Waals surface area (Å²) in [6.45, 7) is 5.51. The smallest absolute Gasteiger partial charge is 0.116 e. The summed E-state index contributed by atoms with van der Waals surface area (Å²) in [5, 5.41) is 0. The van der Waals surface area contributed by atoms with Crippen molar-refractivity contribution in [2.24, 2.45) is 0 Å². The maximum Gasteiger partial charge on any atom is 0.116 e. The molecule has 0 fully saturated rings. The Kier molecular flexibility index (Phi) is 4.45. The quantitative estimate of drug-likeness (QED) is 0.651. The summed E-state index contributed by atoms with van der Waals surface area (Å²) in [5.74, 6) is 0. The van der Waals surface area contributed by atoms with Gasteiger partial charge in [-0.05, 0) is 24.8 Å². The third-order valence-electron chi connectivity index (χ3n) is 1.50.